The molecule has 0 unspecified atom stereocenters. The van der Waals surface area contributed by atoms with Crippen LogP contribution in [0.4, 0.5) is 26.3 Å². The van der Waals surface area contributed by atoms with Gasteiger partial charge in [-0.2, -0.15) is 26.3 Å². The molecule has 0 N–H and O–H groups in total. The van der Waals surface area contributed by atoms with Crippen molar-refractivity contribution >= 4 is 11.8 Å². The van der Waals surface area contributed by atoms with Crippen LogP contribution in [0.3, 0.4) is 0 Å². The van der Waals surface area contributed by atoms with Crippen LogP contribution in [0.25, 0.3) is 0 Å². The molecule has 1 aromatic rings. The molecule has 0 saturated carbocycles. The predicted molar refractivity (Wildman–Crippen MR) is 109 cm³/mol. The van der Waals surface area contributed by atoms with Crippen LogP contribution in [0.15, 0.2) is 18.2 Å². The van der Waals surface area contributed by atoms with E-state index in [9.17, 15) is 35.9 Å². The van der Waals surface area contributed by atoms with Gasteiger partial charge in [0.25, 0.3) is 5.91 Å². The minimum absolute atomic E-state index is 0.0821. The largest absolute Gasteiger partial charge is 0.497 e. The van der Waals surface area contributed by atoms with Crippen LogP contribution >= 0.6 is 0 Å². The molecule has 1 aromatic carbocycles. The van der Waals surface area contributed by atoms with Gasteiger partial charge in [-0.05, 0) is 42.9 Å². The monoisotopic (exact) mass is 496 g/mol. The van der Waals surface area contributed by atoms with Crippen molar-refractivity contribution in [3.63, 3.8) is 0 Å². The minimum atomic E-state index is -5.54. The van der Waals surface area contributed by atoms with E-state index in [1.54, 1.807) is 23.1 Å². The standard InChI is InChI=1S/C22H26F6N2O4/c1-33-14-3-4-16(34-2)15(11-14)19(32)29-8-5-20(6-9-29)7-10-30(13-20)18(31)12-17(21(23,24)25)22(26,27)28/h3-4,11,17H,5-10,12-13H2,1-2H3. The molecule has 2 saturated heterocycles. The van der Waals surface area contributed by atoms with E-state index in [1.165, 1.54) is 14.2 Å². The predicted octanol–water partition coefficient (Wildman–Crippen LogP) is 4.29. The molecule has 0 atom stereocenters. The van der Waals surface area contributed by atoms with Gasteiger partial charge in [-0.25, -0.2) is 0 Å². The zero-order chi connectivity index (χ0) is 25.3. The van der Waals surface area contributed by atoms with Gasteiger partial charge in [0.05, 0.1) is 19.8 Å². The number of hydrogen-bond donors (Lipinski definition) is 0. The molecule has 2 heterocycles. The summed E-state index contributed by atoms with van der Waals surface area (Å²) in [4.78, 5) is 28.1. The summed E-state index contributed by atoms with van der Waals surface area (Å²) in [5.74, 6) is -4.24. The molecule has 2 fully saturated rings. The number of benzene rings is 1. The number of hydrogen-bond acceptors (Lipinski definition) is 4. The Kier molecular flexibility index (Phi) is 7.28. The molecule has 0 radical (unpaired) electrons. The average Bonchev–Trinajstić information content (AvgIpc) is 3.18. The van der Waals surface area contributed by atoms with Gasteiger partial charge in [-0.1, -0.05) is 0 Å². The third-order valence-electron chi connectivity index (χ3n) is 6.71. The van der Waals surface area contributed by atoms with Gasteiger partial charge >= 0.3 is 12.4 Å². The van der Waals surface area contributed by atoms with Gasteiger partial charge in [0, 0.05) is 32.6 Å². The van der Waals surface area contributed by atoms with Crippen LogP contribution in [-0.4, -0.2) is 74.4 Å². The molecule has 12 heteroatoms. The Hall–Kier alpha value is -2.66. The van der Waals surface area contributed by atoms with Gasteiger partial charge in [0.15, 0.2) is 5.92 Å². The summed E-state index contributed by atoms with van der Waals surface area (Å²) in [5, 5.41) is 0. The molecule has 0 aliphatic carbocycles. The first kappa shape index (κ1) is 26.0. The summed E-state index contributed by atoms with van der Waals surface area (Å²) < 4.78 is 87.4. The van der Waals surface area contributed by atoms with Gasteiger partial charge in [0.2, 0.25) is 5.91 Å². The topological polar surface area (TPSA) is 59.1 Å². The molecule has 3 rings (SSSR count). The highest BCUT2D eigenvalue weighted by Crippen LogP contribution is 2.44. The number of likely N-dealkylation sites (tertiary alicyclic amines) is 2. The molecule has 6 nitrogen and oxygen atoms in total. The SMILES string of the molecule is COc1ccc(OC)c(C(=O)N2CCC3(CCN(C(=O)CC(C(F)(F)F)C(F)(F)F)C3)CC2)c1. The van der Waals surface area contributed by atoms with Gasteiger partial charge in [-0.3, -0.25) is 9.59 Å². The highest BCUT2D eigenvalue weighted by Gasteiger charge is 2.58. The third-order valence-corrected chi connectivity index (χ3v) is 6.71. The van der Waals surface area contributed by atoms with E-state index < -0.39 is 36.0 Å². The van der Waals surface area contributed by atoms with Crippen molar-refractivity contribution in [3.05, 3.63) is 23.8 Å². The Labute approximate surface area is 192 Å². The van der Waals surface area contributed by atoms with E-state index >= 15 is 0 Å². The maximum Gasteiger partial charge on any atom is 0.400 e. The summed E-state index contributed by atoms with van der Waals surface area (Å²) in [6.07, 6.45) is -11.3. The smallest absolute Gasteiger partial charge is 0.400 e. The molecular weight excluding hydrogens is 470 g/mol. The number of amides is 2. The number of carbonyl (C=O) groups is 2. The second kappa shape index (κ2) is 9.53. The maximum absolute atomic E-state index is 13.0. The number of carbonyl (C=O) groups excluding carboxylic acids is 2. The molecule has 34 heavy (non-hydrogen) atoms. The van der Waals surface area contributed by atoms with Crippen molar-refractivity contribution in [1.29, 1.82) is 0 Å². The lowest BCUT2D eigenvalue weighted by Crippen LogP contribution is -2.45. The number of methoxy groups -OCH3 is 2. The van der Waals surface area contributed by atoms with Crippen molar-refractivity contribution in [1.82, 2.24) is 9.80 Å². The van der Waals surface area contributed by atoms with E-state index in [2.05, 4.69) is 0 Å². The number of halogens is 6. The molecule has 190 valence electrons. The van der Waals surface area contributed by atoms with Crippen molar-refractivity contribution in [3.8, 4) is 11.5 Å². The lowest BCUT2D eigenvalue weighted by molar-refractivity contribution is -0.284. The Balaban J connectivity index is 1.62. The van der Waals surface area contributed by atoms with E-state index in [1.807, 2.05) is 0 Å². The minimum Gasteiger partial charge on any atom is -0.497 e. The van der Waals surface area contributed by atoms with E-state index in [-0.39, 0.29) is 19.0 Å². The first-order chi connectivity index (χ1) is 15.8. The molecular formula is C22H26F6N2O4. The van der Waals surface area contributed by atoms with E-state index in [4.69, 9.17) is 9.47 Å². The van der Waals surface area contributed by atoms with Crippen molar-refractivity contribution < 1.29 is 45.4 Å². The van der Waals surface area contributed by atoms with Crippen LogP contribution in [-0.2, 0) is 4.79 Å². The number of alkyl halides is 6. The van der Waals surface area contributed by atoms with Crippen LogP contribution in [0.2, 0.25) is 0 Å². The summed E-state index contributed by atoms with van der Waals surface area (Å²) in [7, 11) is 2.91. The Morgan fingerprint density at radius 1 is 0.941 bits per heavy atom. The molecule has 2 aliphatic rings. The lowest BCUT2D eigenvalue weighted by Gasteiger charge is -2.39. The molecule has 0 aromatic heterocycles. The van der Waals surface area contributed by atoms with Crippen molar-refractivity contribution in [2.24, 2.45) is 11.3 Å². The first-order valence-corrected chi connectivity index (χ1v) is 10.7. The van der Waals surface area contributed by atoms with Crippen molar-refractivity contribution in [2.75, 3.05) is 40.4 Å². The maximum atomic E-state index is 13.0. The van der Waals surface area contributed by atoms with E-state index in [0.29, 0.717) is 49.4 Å². The summed E-state index contributed by atoms with van der Waals surface area (Å²) >= 11 is 0. The highest BCUT2D eigenvalue weighted by atomic mass is 19.4. The van der Waals surface area contributed by atoms with Crippen LogP contribution in [0.5, 0.6) is 11.5 Å². The zero-order valence-corrected chi connectivity index (χ0v) is 18.8. The number of rotatable bonds is 5. The van der Waals surface area contributed by atoms with Gasteiger partial charge < -0.3 is 19.3 Å². The average molecular weight is 496 g/mol. The second-order valence-corrected chi connectivity index (χ2v) is 8.76. The van der Waals surface area contributed by atoms with Crippen molar-refractivity contribution in [2.45, 2.75) is 38.0 Å². The Bertz CT molecular complexity index is 896. The van der Waals surface area contributed by atoms with Gasteiger partial charge in [0.1, 0.15) is 11.5 Å². The Morgan fingerprint density at radius 2 is 1.50 bits per heavy atom. The lowest BCUT2D eigenvalue weighted by atomic mass is 9.77. The zero-order valence-electron chi connectivity index (χ0n) is 18.8. The number of ether oxygens (including phenoxy) is 2. The second-order valence-electron chi connectivity index (χ2n) is 8.76. The Morgan fingerprint density at radius 3 is 2.00 bits per heavy atom. The van der Waals surface area contributed by atoms with Gasteiger partial charge in [-0.15, -0.1) is 0 Å². The highest BCUT2D eigenvalue weighted by molar-refractivity contribution is 5.97. The number of piperidine rings is 1. The molecule has 1 spiro atoms. The fourth-order valence-electron chi connectivity index (χ4n) is 4.61. The molecule has 0 bridgehead atoms. The summed E-state index contributed by atoms with van der Waals surface area (Å²) in [5.41, 5.74) is -0.108. The molecule has 2 aliphatic heterocycles. The normalized spacial score (nSPS) is 18.5. The van der Waals surface area contributed by atoms with E-state index in [0.717, 1.165) is 4.90 Å². The number of nitrogens with zero attached hydrogens (tertiary/aromatic N) is 2. The first-order valence-electron chi connectivity index (χ1n) is 10.7. The molecule has 2 amide bonds. The third kappa shape index (κ3) is 5.52. The van der Waals surface area contributed by atoms with Crippen LogP contribution < -0.4 is 9.47 Å². The van der Waals surface area contributed by atoms with Crippen LogP contribution in [0.1, 0.15) is 36.0 Å². The fourth-order valence-corrected chi connectivity index (χ4v) is 4.61. The quantitative estimate of drug-likeness (QED) is 0.571. The fraction of sp³-hybridized carbons (Fsp3) is 0.636. The summed E-state index contributed by atoms with van der Waals surface area (Å²) in [6.45, 7) is 0.863. The van der Waals surface area contributed by atoms with Crippen LogP contribution in [0, 0.1) is 11.3 Å². The summed E-state index contributed by atoms with van der Waals surface area (Å²) in [6, 6.07) is 4.85.